The second kappa shape index (κ2) is 9.99. The lowest BCUT2D eigenvalue weighted by Crippen LogP contribution is -2.32. The molecule has 0 aliphatic heterocycles. The summed E-state index contributed by atoms with van der Waals surface area (Å²) < 4.78 is 28.9. The number of hydrogen-bond donors (Lipinski definition) is 1. The van der Waals surface area contributed by atoms with E-state index in [9.17, 15) is 18.4 Å². The van der Waals surface area contributed by atoms with Crippen LogP contribution in [0.25, 0.3) is 0 Å². The highest BCUT2D eigenvalue weighted by molar-refractivity contribution is 5.94. The molecule has 1 amide bonds. The molecule has 33 heavy (non-hydrogen) atoms. The van der Waals surface area contributed by atoms with Gasteiger partial charge in [0.15, 0.2) is 0 Å². The van der Waals surface area contributed by atoms with E-state index < -0.39 is 24.4 Å². The van der Waals surface area contributed by atoms with E-state index in [0.29, 0.717) is 17.7 Å². The average Bonchev–Trinajstić information content (AvgIpc) is 2.85. The summed E-state index contributed by atoms with van der Waals surface area (Å²) in [5, 5.41) is 2.80. The van der Waals surface area contributed by atoms with Crippen LogP contribution < -0.4 is 10.9 Å². The molecule has 4 aromatic rings. The molecule has 2 heterocycles. The minimum absolute atomic E-state index is 0.0384. The minimum atomic E-state index is -0.901. The van der Waals surface area contributed by atoms with Crippen LogP contribution in [0.3, 0.4) is 0 Å². The number of alkyl halides is 1. The van der Waals surface area contributed by atoms with E-state index in [2.05, 4.69) is 10.3 Å². The number of pyridine rings is 2. The number of nitrogens with one attached hydrogen (secondary N) is 1. The molecule has 0 saturated heterocycles. The lowest BCUT2D eigenvalue weighted by molar-refractivity contribution is 0.0941. The molecule has 7 heteroatoms. The molecule has 0 bridgehead atoms. The van der Waals surface area contributed by atoms with Crippen LogP contribution in [0.4, 0.5) is 8.78 Å². The highest BCUT2D eigenvalue weighted by Gasteiger charge is 2.22. The summed E-state index contributed by atoms with van der Waals surface area (Å²) >= 11 is 0. The normalized spacial score (nSPS) is 11.7. The van der Waals surface area contributed by atoms with E-state index in [1.165, 1.54) is 41.2 Å². The Morgan fingerprint density at radius 1 is 0.939 bits per heavy atom. The molecule has 0 spiro atoms. The van der Waals surface area contributed by atoms with Crippen molar-refractivity contribution < 1.29 is 13.6 Å². The molecule has 0 unspecified atom stereocenters. The van der Waals surface area contributed by atoms with E-state index in [-0.39, 0.29) is 16.8 Å². The number of benzene rings is 2. The molecule has 1 N–H and O–H groups in total. The number of carbonyl (C=O) groups excluding carboxylic acids is 1. The largest absolute Gasteiger partial charge is 0.339 e. The Balaban J connectivity index is 1.65. The number of halogens is 2. The van der Waals surface area contributed by atoms with Gasteiger partial charge >= 0.3 is 0 Å². The summed E-state index contributed by atoms with van der Waals surface area (Å²) in [6.45, 7) is -0.317. The van der Waals surface area contributed by atoms with E-state index in [1.807, 2.05) is 30.3 Å². The molecular weight excluding hydrogens is 424 g/mol. The molecule has 0 aliphatic carbocycles. The molecule has 0 radical (unpaired) electrons. The number of nitrogens with zero attached hydrogens (tertiary/aromatic N) is 2. The monoisotopic (exact) mass is 445 g/mol. The Kier molecular flexibility index (Phi) is 6.69. The van der Waals surface area contributed by atoms with Crippen molar-refractivity contribution in [3.63, 3.8) is 0 Å². The van der Waals surface area contributed by atoms with Crippen LogP contribution in [0, 0.1) is 5.82 Å². The van der Waals surface area contributed by atoms with Gasteiger partial charge in [-0.25, -0.2) is 8.78 Å². The fraction of sp³-hybridized carbons (Fsp3) is 0.115. The first-order chi connectivity index (χ1) is 16.0. The number of carbonyl (C=O) groups is 1. The third kappa shape index (κ3) is 5.20. The van der Waals surface area contributed by atoms with Crippen molar-refractivity contribution in [1.82, 2.24) is 14.9 Å². The van der Waals surface area contributed by atoms with Crippen molar-refractivity contribution in [2.24, 2.45) is 0 Å². The second-order valence-corrected chi connectivity index (χ2v) is 7.52. The Labute approximate surface area is 189 Å². The van der Waals surface area contributed by atoms with Gasteiger partial charge in [-0.1, -0.05) is 54.6 Å². The van der Waals surface area contributed by atoms with E-state index >= 15 is 0 Å². The first-order valence-electron chi connectivity index (χ1n) is 10.4. The molecule has 5 nitrogen and oxygen atoms in total. The van der Waals surface area contributed by atoms with E-state index in [4.69, 9.17) is 0 Å². The summed E-state index contributed by atoms with van der Waals surface area (Å²) in [5.74, 6) is -1.08. The molecule has 0 aliphatic rings. The Hall–Kier alpha value is -4.13. The second-order valence-electron chi connectivity index (χ2n) is 7.52. The summed E-state index contributed by atoms with van der Waals surface area (Å²) in [6, 6.07) is 20.4. The number of rotatable bonds is 7. The van der Waals surface area contributed by atoms with Crippen LogP contribution >= 0.6 is 0 Å². The standard InChI is InChI=1S/C26H21F2N3O2/c27-15-18-8-10-20(11-9-18)24(25-22(28)7-4-14-29-25)30-26(33)21-12-13-23(32)31(17-21)16-19-5-2-1-3-6-19/h1-14,17,24H,15-16H2,(H,30,33)/t24-/m0/s1. The van der Waals surface area contributed by atoms with Crippen LogP contribution in [0.5, 0.6) is 0 Å². The van der Waals surface area contributed by atoms with Crippen molar-refractivity contribution >= 4 is 5.91 Å². The van der Waals surface area contributed by atoms with Gasteiger partial charge in [-0.2, -0.15) is 0 Å². The minimum Gasteiger partial charge on any atom is -0.339 e. The maximum absolute atomic E-state index is 14.6. The Morgan fingerprint density at radius 2 is 1.70 bits per heavy atom. The van der Waals surface area contributed by atoms with Crippen LogP contribution in [0.1, 0.15) is 38.8 Å². The van der Waals surface area contributed by atoms with Crippen molar-refractivity contribution in [2.75, 3.05) is 0 Å². The van der Waals surface area contributed by atoms with Crippen molar-refractivity contribution in [1.29, 1.82) is 0 Å². The zero-order valence-electron chi connectivity index (χ0n) is 17.6. The fourth-order valence-corrected chi connectivity index (χ4v) is 3.50. The highest BCUT2D eigenvalue weighted by Crippen LogP contribution is 2.24. The Morgan fingerprint density at radius 3 is 2.39 bits per heavy atom. The van der Waals surface area contributed by atoms with Crippen LogP contribution in [-0.4, -0.2) is 15.5 Å². The van der Waals surface area contributed by atoms with E-state index in [1.54, 1.807) is 24.3 Å². The molecular formula is C26H21F2N3O2. The molecule has 1 atom stereocenters. The van der Waals surface area contributed by atoms with Gasteiger partial charge in [0.1, 0.15) is 18.2 Å². The molecule has 0 fully saturated rings. The van der Waals surface area contributed by atoms with Gasteiger partial charge in [0.05, 0.1) is 18.2 Å². The van der Waals surface area contributed by atoms with E-state index in [0.717, 1.165) is 5.56 Å². The third-order valence-corrected chi connectivity index (χ3v) is 5.24. The third-order valence-electron chi connectivity index (χ3n) is 5.24. The molecule has 166 valence electrons. The van der Waals surface area contributed by atoms with Crippen molar-refractivity contribution in [3.05, 3.63) is 135 Å². The maximum Gasteiger partial charge on any atom is 0.253 e. The van der Waals surface area contributed by atoms with Gasteiger partial charge in [-0.3, -0.25) is 14.6 Å². The van der Waals surface area contributed by atoms with Crippen LogP contribution in [-0.2, 0) is 13.2 Å². The zero-order valence-corrected chi connectivity index (χ0v) is 17.6. The average molecular weight is 445 g/mol. The summed E-state index contributed by atoms with van der Waals surface area (Å²) in [4.78, 5) is 29.5. The van der Waals surface area contributed by atoms with Crippen LogP contribution in [0.15, 0.2) is 96.1 Å². The number of aromatic nitrogens is 2. The highest BCUT2D eigenvalue weighted by atomic mass is 19.1. The van der Waals surface area contributed by atoms with Gasteiger partial charge in [0.2, 0.25) is 0 Å². The van der Waals surface area contributed by atoms with Gasteiger partial charge in [-0.15, -0.1) is 0 Å². The lowest BCUT2D eigenvalue weighted by Gasteiger charge is -2.20. The predicted octanol–water partition coefficient (Wildman–Crippen LogP) is 4.42. The predicted molar refractivity (Wildman–Crippen MR) is 121 cm³/mol. The summed E-state index contributed by atoms with van der Waals surface area (Å²) in [6.07, 6.45) is 2.91. The zero-order chi connectivity index (χ0) is 23.2. The molecule has 0 saturated carbocycles. The molecule has 4 rings (SSSR count). The first kappa shape index (κ1) is 22.1. The van der Waals surface area contributed by atoms with Gasteiger partial charge < -0.3 is 9.88 Å². The quantitative estimate of drug-likeness (QED) is 0.458. The fourth-order valence-electron chi connectivity index (χ4n) is 3.50. The molecule has 2 aromatic carbocycles. The topological polar surface area (TPSA) is 64.0 Å². The summed E-state index contributed by atoms with van der Waals surface area (Å²) in [7, 11) is 0. The Bertz CT molecular complexity index is 1310. The van der Waals surface area contributed by atoms with Gasteiger partial charge in [0.25, 0.3) is 11.5 Å². The smallest absolute Gasteiger partial charge is 0.253 e. The maximum atomic E-state index is 14.6. The van der Waals surface area contributed by atoms with Crippen molar-refractivity contribution in [2.45, 2.75) is 19.3 Å². The van der Waals surface area contributed by atoms with Gasteiger partial charge in [-0.05, 0) is 34.9 Å². The lowest BCUT2D eigenvalue weighted by atomic mass is 10.0. The first-order valence-corrected chi connectivity index (χ1v) is 10.4. The SMILES string of the molecule is O=C(N[C@@H](c1ccc(CF)cc1)c1ncccc1F)c1ccc(=O)n(Cc2ccccc2)c1. The number of hydrogen-bond acceptors (Lipinski definition) is 3. The molecule has 2 aromatic heterocycles. The van der Waals surface area contributed by atoms with Gasteiger partial charge in [0, 0.05) is 18.5 Å². The number of amides is 1. The summed E-state index contributed by atoms with van der Waals surface area (Å²) in [5.41, 5.74) is 1.97. The van der Waals surface area contributed by atoms with Crippen molar-refractivity contribution in [3.8, 4) is 0 Å². The van der Waals surface area contributed by atoms with Crippen LogP contribution in [0.2, 0.25) is 0 Å².